The largest absolute Gasteiger partial charge is 0.497 e. The lowest BCUT2D eigenvalue weighted by Gasteiger charge is -2.17. The number of amides is 1. The maximum Gasteiger partial charge on any atom is 0.243 e. The smallest absolute Gasteiger partial charge is 0.243 e. The number of nitrogens with zero attached hydrogens (tertiary/aromatic N) is 1. The molecule has 25 heavy (non-hydrogen) atoms. The Kier molecular flexibility index (Phi) is 6.05. The summed E-state index contributed by atoms with van der Waals surface area (Å²) < 4.78 is 31.0. The maximum absolute atomic E-state index is 12.5. The van der Waals surface area contributed by atoms with E-state index in [0.717, 1.165) is 9.87 Å². The molecule has 0 aliphatic heterocycles. The Balaban J connectivity index is 2.08. The van der Waals surface area contributed by atoms with Gasteiger partial charge in [0.05, 0.1) is 29.3 Å². The van der Waals surface area contributed by atoms with Crippen LogP contribution in [0.4, 0.5) is 5.69 Å². The van der Waals surface area contributed by atoms with Crippen molar-refractivity contribution in [2.24, 2.45) is 0 Å². The van der Waals surface area contributed by atoms with Crippen LogP contribution in [-0.2, 0) is 14.8 Å². The van der Waals surface area contributed by atoms with E-state index in [4.69, 9.17) is 16.3 Å². The van der Waals surface area contributed by atoms with Gasteiger partial charge in [0.1, 0.15) is 5.75 Å². The van der Waals surface area contributed by atoms with E-state index >= 15 is 0 Å². The fourth-order valence-corrected chi connectivity index (χ4v) is 3.54. The molecule has 1 N–H and O–H groups in total. The quantitative estimate of drug-likeness (QED) is 0.833. The summed E-state index contributed by atoms with van der Waals surface area (Å²) in [4.78, 5) is 12.2. The van der Waals surface area contributed by atoms with Gasteiger partial charge in [-0.1, -0.05) is 17.7 Å². The summed E-state index contributed by atoms with van der Waals surface area (Å²) in [5, 5.41) is 3.01. The average molecular weight is 383 g/mol. The van der Waals surface area contributed by atoms with Gasteiger partial charge in [-0.15, -0.1) is 0 Å². The van der Waals surface area contributed by atoms with Crippen LogP contribution in [-0.4, -0.2) is 39.3 Å². The third-order valence-corrected chi connectivity index (χ3v) is 5.66. The average Bonchev–Trinajstić information content (AvgIpc) is 2.57. The van der Waals surface area contributed by atoms with E-state index in [9.17, 15) is 13.2 Å². The van der Waals surface area contributed by atoms with Gasteiger partial charge in [-0.05, 0) is 48.9 Å². The van der Waals surface area contributed by atoms with Gasteiger partial charge in [-0.25, -0.2) is 8.42 Å². The van der Waals surface area contributed by atoms with Crippen LogP contribution < -0.4 is 10.1 Å². The van der Waals surface area contributed by atoms with Crippen molar-refractivity contribution in [1.82, 2.24) is 4.31 Å². The van der Waals surface area contributed by atoms with Gasteiger partial charge < -0.3 is 10.1 Å². The molecule has 0 saturated carbocycles. The molecule has 2 aromatic rings. The van der Waals surface area contributed by atoms with E-state index in [1.165, 1.54) is 26.3 Å². The van der Waals surface area contributed by atoms with Crippen LogP contribution in [0.2, 0.25) is 5.02 Å². The summed E-state index contributed by atoms with van der Waals surface area (Å²) in [5.74, 6) is 0.0682. The molecule has 2 rings (SSSR count). The first-order chi connectivity index (χ1) is 11.7. The highest BCUT2D eigenvalue weighted by molar-refractivity contribution is 7.89. The highest BCUT2D eigenvalue weighted by atomic mass is 35.5. The zero-order valence-electron chi connectivity index (χ0n) is 14.1. The predicted octanol–water partition coefficient (Wildman–Crippen LogP) is 2.92. The summed E-state index contributed by atoms with van der Waals surface area (Å²) in [7, 11) is -0.945. The number of carbonyl (C=O) groups is 1. The molecule has 2 aromatic carbocycles. The minimum atomic E-state index is -3.78. The second-order valence-electron chi connectivity index (χ2n) is 5.47. The number of halogens is 1. The van der Waals surface area contributed by atoms with Crippen molar-refractivity contribution in [2.45, 2.75) is 11.8 Å². The lowest BCUT2D eigenvalue weighted by Crippen LogP contribution is -2.35. The number of rotatable bonds is 6. The molecular weight excluding hydrogens is 364 g/mol. The number of benzene rings is 2. The lowest BCUT2D eigenvalue weighted by molar-refractivity contribution is -0.116. The minimum absolute atomic E-state index is 0.0805. The van der Waals surface area contributed by atoms with Crippen molar-refractivity contribution < 1.29 is 17.9 Å². The van der Waals surface area contributed by atoms with Gasteiger partial charge in [0.25, 0.3) is 0 Å². The molecule has 0 spiro atoms. The molecular formula is C17H19ClN2O4S. The molecule has 0 saturated heterocycles. The molecule has 0 unspecified atom stereocenters. The Labute approximate surface area is 152 Å². The van der Waals surface area contributed by atoms with Crippen LogP contribution in [0.5, 0.6) is 5.75 Å². The number of carbonyl (C=O) groups excluding carboxylic acids is 1. The summed E-state index contributed by atoms with van der Waals surface area (Å²) in [5.41, 5.74) is 1.40. The Morgan fingerprint density at radius 2 is 1.84 bits per heavy atom. The first kappa shape index (κ1) is 19.2. The number of aryl methyl sites for hydroxylation is 1. The van der Waals surface area contributed by atoms with E-state index in [1.807, 2.05) is 6.92 Å². The van der Waals surface area contributed by atoms with Crippen molar-refractivity contribution in [3.63, 3.8) is 0 Å². The fraction of sp³-hybridized carbons (Fsp3) is 0.235. The number of hydrogen-bond donors (Lipinski definition) is 1. The monoisotopic (exact) mass is 382 g/mol. The van der Waals surface area contributed by atoms with Crippen LogP contribution >= 0.6 is 11.6 Å². The van der Waals surface area contributed by atoms with E-state index in [-0.39, 0.29) is 11.4 Å². The summed E-state index contributed by atoms with van der Waals surface area (Å²) >= 11 is 6.07. The molecule has 0 atom stereocenters. The standard InChI is InChI=1S/C17H19ClN2O4S/c1-12-4-9-16(15(18)10-12)19-17(21)11-20(2)25(22,23)14-7-5-13(24-3)6-8-14/h4-10H,11H2,1-3H3,(H,19,21). The van der Waals surface area contributed by atoms with Gasteiger partial charge in [0.2, 0.25) is 15.9 Å². The molecule has 134 valence electrons. The topological polar surface area (TPSA) is 75.7 Å². The molecule has 0 radical (unpaired) electrons. The van der Waals surface area contributed by atoms with Crippen molar-refractivity contribution in [3.8, 4) is 5.75 Å². The fourth-order valence-electron chi connectivity index (χ4n) is 2.13. The lowest BCUT2D eigenvalue weighted by atomic mass is 10.2. The molecule has 0 aromatic heterocycles. The van der Waals surface area contributed by atoms with Crippen molar-refractivity contribution in [2.75, 3.05) is 26.0 Å². The van der Waals surface area contributed by atoms with Gasteiger partial charge in [0.15, 0.2) is 0 Å². The van der Waals surface area contributed by atoms with E-state index < -0.39 is 15.9 Å². The molecule has 0 heterocycles. The third kappa shape index (κ3) is 4.72. The van der Waals surface area contributed by atoms with E-state index in [2.05, 4.69) is 5.32 Å². The molecule has 8 heteroatoms. The Bertz CT molecular complexity index is 867. The third-order valence-electron chi connectivity index (χ3n) is 3.53. The summed E-state index contributed by atoms with van der Waals surface area (Å²) in [6, 6.07) is 11.2. The normalized spacial score (nSPS) is 11.4. The van der Waals surface area contributed by atoms with Crippen LogP contribution in [0.3, 0.4) is 0 Å². The van der Waals surface area contributed by atoms with Crippen LogP contribution in [0.25, 0.3) is 0 Å². The molecule has 1 amide bonds. The van der Waals surface area contributed by atoms with Crippen molar-refractivity contribution >= 4 is 33.2 Å². The van der Waals surface area contributed by atoms with Crippen LogP contribution in [0, 0.1) is 6.92 Å². The van der Waals surface area contributed by atoms with E-state index in [1.54, 1.807) is 30.3 Å². The number of anilines is 1. The second-order valence-corrected chi connectivity index (χ2v) is 7.92. The van der Waals surface area contributed by atoms with Crippen molar-refractivity contribution in [3.05, 3.63) is 53.1 Å². The molecule has 6 nitrogen and oxygen atoms in total. The number of likely N-dealkylation sites (N-methyl/N-ethyl adjacent to an activating group) is 1. The first-order valence-electron chi connectivity index (χ1n) is 7.40. The molecule has 0 bridgehead atoms. The molecule has 0 fully saturated rings. The summed E-state index contributed by atoms with van der Waals surface area (Å²) in [6.07, 6.45) is 0. The highest BCUT2D eigenvalue weighted by Crippen LogP contribution is 2.23. The zero-order valence-corrected chi connectivity index (χ0v) is 15.7. The zero-order chi connectivity index (χ0) is 18.6. The van der Waals surface area contributed by atoms with Gasteiger partial charge in [0, 0.05) is 7.05 Å². The molecule has 0 aliphatic rings. The van der Waals surface area contributed by atoms with Crippen molar-refractivity contribution in [1.29, 1.82) is 0 Å². The SMILES string of the molecule is COc1ccc(S(=O)(=O)N(C)CC(=O)Nc2ccc(C)cc2Cl)cc1. The van der Waals surface area contributed by atoms with Gasteiger partial charge >= 0.3 is 0 Å². The predicted molar refractivity (Wildman–Crippen MR) is 97.6 cm³/mol. The number of ether oxygens (including phenoxy) is 1. The number of sulfonamides is 1. The number of methoxy groups -OCH3 is 1. The molecule has 0 aliphatic carbocycles. The number of hydrogen-bond acceptors (Lipinski definition) is 4. The Hall–Kier alpha value is -2.09. The summed E-state index contributed by atoms with van der Waals surface area (Å²) in [6.45, 7) is 1.55. The highest BCUT2D eigenvalue weighted by Gasteiger charge is 2.23. The van der Waals surface area contributed by atoms with Crippen LogP contribution in [0.1, 0.15) is 5.56 Å². The number of nitrogens with one attached hydrogen (secondary N) is 1. The second kappa shape index (κ2) is 7.86. The Morgan fingerprint density at radius 3 is 2.40 bits per heavy atom. The maximum atomic E-state index is 12.5. The van der Waals surface area contributed by atoms with Crippen LogP contribution in [0.15, 0.2) is 47.4 Å². The van der Waals surface area contributed by atoms with Gasteiger partial charge in [-0.3, -0.25) is 4.79 Å². The minimum Gasteiger partial charge on any atom is -0.497 e. The van der Waals surface area contributed by atoms with Gasteiger partial charge in [-0.2, -0.15) is 4.31 Å². The first-order valence-corrected chi connectivity index (χ1v) is 9.22. The Morgan fingerprint density at radius 1 is 1.20 bits per heavy atom. The van der Waals surface area contributed by atoms with E-state index in [0.29, 0.717) is 16.5 Å².